The summed E-state index contributed by atoms with van der Waals surface area (Å²) in [4.78, 5) is 12.9. The molecule has 0 aromatic rings. The predicted molar refractivity (Wildman–Crippen MR) is 64.3 cm³/mol. The lowest BCUT2D eigenvalue weighted by Crippen LogP contribution is -2.33. The number of ether oxygens (including phenoxy) is 1. The van der Waals surface area contributed by atoms with Gasteiger partial charge in [0, 0.05) is 13.1 Å². The summed E-state index contributed by atoms with van der Waals surface area (Å²) in [5, 5.41) is 0. The van der Waals surface area contributed by atoms with Crippen LogP contribution in [0.3, 0.4) is 0 Å². The second kappa shape index (κ2) is 7.62. The van der Waals surface area contributed by atoms with Crippen LogP contribution < -0.4 is 0 Å². The minimum absolute atomic E-state index is 0.164. The zero-order valence-corrected chi connectivity index (χ0v) is 11.4. The maximum atomic E-state index is 11.2. The van der Waals surface area contributed by atoms with Gasteiger partial charge in [-0.2, -0.15) is 8.42 Å². The summed E-state index contributed by atoms with van der Waals surface area (Å²) in [5.74, 6) is -0.738. The van der Waals surface area contributed by atoms with Crippen molar-refractivity contribution in [3.8, 4) is 0 Å². The van der Waals surface area contributed by atoms with Gasteiger partial charge in [-0.15, -0.1) is 0 Å². The average molecular weight is 267 g/mol. The fourth-order valence-electron chi connectivity index (χ4n) is 1.11. The van der Waals surface area contributed by atoms with Gasteiger partial charge in [0.25, 0.3) is 10.1 Å². The Morgan fingerprint density at radius 1 is 1.35 bits per heavy atom. The van der Waals surface area contributed by atoms with Crippen molar-refractivity contribution in [2.24, 2.45) is 5.92 Å². The second-order valence-corrected chi connectivity index (χ2v) is 5.61. The van der Waals surface area contributed by atoms with Crippen LogP contribution in [0.4, 0.5) is 0 Å². The van der Waals surface area contributed by atoms with E-state index < -0.39 is 10.1 Å². The van der Waals surface area contributed by atoms with Crippen LogP contribution in [0.25, 0.3) is 0 Å². The maximum Gasteiger partial charge on any atom is 0.308 e. The summed E-state index contributed by atoms with van der Waals surface area (Å²) in [6.07, 6.45) is 0. The molecule has 0 unspecified atom stereocenters. The van der Waals surface area contributed by atoms with Crippen molar-refractivity contribution in [1.82, 2.24) is 4.90 Å². The molecule has 6 nitrogen and oxygen atoms in total. The molecule has 7 heteroatoms. The molecule has 0 spiro atoms. The largest absolute Gasteiger partial charge is 0.464 e. The minimum Gasteiger partial charge on any atom is -0.464 e. The van der Waals surface area contributed by atoms with Crippen molar-refractivity contribution in [1.29, 1.82) is 0 Å². The molecule has 0 amide bonds. The summed E-state index contributed by atoms with van der Waals surface area (Å²) in [5.41, 5.74) is 0. The lowest BCUT2D eigenvalue weighted by Gasteiger charge is -2.19. The van der Waals surface area contributed by atoms with E-state index in [0.717, 1.165) is 0 Å². The van der Waals surface area contributed by atoms with Crippen molar-refractivity contribution in [2.75, 3.05) is 32.0 Å². The molecule has 0 aliphatic heterocycles. The normalized spacial score (nSPS) is 12.1. The quantitative estimate of drug-likeness (QED) is 0.506. The maximum absolute atomic E-state index is 11.2. The summed E-state index contributed by atoms with van der Waals surface area (Å²) in [7, 11) is -3.93. The Morgan fingerprint density at radius 2 is 1.94 bits per heavy atom. The SMILES string of the molecule is CCN(CCOC(=O)C(C)C)CCS(=O)(=O)O. The number of hydrogen-bond acceptors (Lipinski definition) is 5. The average Bonchev–Trinajstić information content (AvgIpc) is 2.21. The second-order valence-electron chi connectivity index (χ2n) is 4.04. The Balaban J connectivity index is 3.87. The number of rotatable bonds is 8. The summed E-state index contributed by atoms with van der Waals surface area (Å²) in [6.45, 7) is 6.93. The molecule has 0 aliphatic rings. The van der Waals surface area contributed by atoms with E-state index in [2.05, 4.69) is 0 Å². The summed E-state index contributed by atoms with van der Waals surface area (Å²) in [6, 6.07) is 0. The molecular formula is C10H21NO5S. The van der Waals surface area contributed by atoms with Crippen LogP contribution >= 0.6 is 0 Å². The molecule has 0 bridgehead atoms. The van der Waals surface area contributed by atoms with Crippen molar-refractivity contribution < 1.29 is 22.5 Å². The first-order chi connectivity index (χ1) is 7.76. The Labute approximate surface area is 103 Å². The highest BCUT2D eigenvalue weighted by molar-refractivity contribution is 7.85. The smallest absolute Gasteiger partial charge is 0.308 e. The van der Waals surface area contributed by atoms with Crippen LogP contribution in [0.5, 0.6) is 0 Å². The Hall–Kier alpha value is -0.660. The fourth-order valence-corrected chi connectivity index (χ4v) is 1.60. The van der Waals surface area contributed by atoms with Gasteiger partial charge in [0.1, 0.15) is 6.61 Å². The summed E-state index contributed by atoms with van der Waals surface area (Å²) >= 11 is 0. The zero-order chi connectivity index (χ0) is 13.5. The van der Waals surface area contributed by atoms with E-state index in [1.54, 1.807) is 18.7 Å². The van der Waals surface area contributed by atoms with Gasteiger partial charge in [-0.3, -0.25) is 14.2 Å². The monoisotopic (exact) mass is 267 g/mol. The van der Waals surface area contributed by atoms with E-state index in [9.17, 15) is 13.2 Å². The van der Waals surface area contributed by atoms with E-state index in [0.29, 0.717) is 13.1 Å². The zero-order valence-electron chi connectivity index (χ0n) is 10.5. The van der Waals surface area contributed by atoms with Gasteiger partial charge in [-0.25, -0.2) is 0 Å². The molecule has 0 heterocycles. The number of carbonyl (C=O) groups excluding carboxylic acids is 1. The van der Waals surface area contributed by atoms with Gasteiger partial charge >= 0.3 is 5.97 Å². The van der Waals surface area contributed by atoms with Crippen molar-refractivity contribution >= 4 is 16.1 Å². The molecule has 1 N–H and O–H groups in total. The van der Waals surface area contributed by atoms with E-state index in [4.69, 9.17) is 9.29 Å². The molecule has 0 aromatic heterocycles. The number of esters is 1. The lowest BCUT2D eigenvalue weighted by molar-refractivity contribution is -0.147. The van der Waals surface area contributed by atoms with Crippen LogP contribution in [-0.4, -0.2) is 55.8 Å². The molecule has 0 fully saturated rings. The fraction of sp³-hybridized carbons (Fsp3) is 0.900. The van der Waals surface area contributed by atoms with Crippen molar-refractivity contribution in [2.45, 2.75) is 20.8 Å². The van der Waals surface area contributed by atoms with E-state index >= 15 is 0 Å². The van der Waals surface area contributed by atoms with E-state index in [1.807, 2.05) is 6.92 Å². The lowest BCUT2D eigenvalue weighted by atomic mass is 10.2. The molecule has 0 aliphatic carbocycles. The van der Waals surface area contributed by atoms with Crippen LogP contribution in [0, 0.1) is 5.92 Å². The molecule has 0 saturated heterocycles. The molecule has 0 radical (unpaired) electrons. The number of hydrogen-bond donors (Lipinski definition) is 1. The first-order valence-corrected chi connectivity index (χ1v) is 7.21. The topological polar surface area (TPSA) is 83.9 Å². The third-order valence-corrected chi connectivity index (χ3v) is 2.93. The van der Waals surface area contributed by atoms with Crippen molar-refractivity contribution in [3.05, 3.63) is 0 Å². The highest BCUT2D eigenvalue weighted by Gasteiger charge is 2.11. The third kappa shape index (κ3) is 9.08. The van der Waals surface area contributed by atoms with E-state index in [-0.39, 0.29) is 30.8 Å². The van der Waals surface area contributed by atoms with Gasteiger partial charge < -0.3 is 4.74 Å². The highest BCUT2D eigenvalue weighted by Crippen LogP contribution is 1.97. The third-order valence-electron chi connectivity index (χ3n) is 2.24. The number of nitrogens with zero attached hydrogens (tertiary/aromatic N) is 1. The number of likely N-dealkylation sites (N-methyl/N-ethyl adjacent to an activating group) is 1. The molecule has 0 aromatic carbocycles. The Bertz CT molecular complexity index is 326. The molecule has 0 atom stereocenters. The van der Waals surface area contributed by atoms with Gasteiger partial charge in [0.2, 0.25) is 0 Å². The molecule has 17 heavy (non-hydrogen) atoms. The van der Waals surface area contributed by atoms with E-state index in [1.165, 1.54) is 0 Å². The van der Waals surface area contributed by atoms with Gasteiger partial charge in [0.05, 0.1) is 11.7 Å². The minimum atomic E-state index is -3.93. The first-order valence-electron chi connectivity index (χ1n) is 5.60. The molecule has 0 rings (SSSR count). The number of carbonyl (C=O) groups is 1. The molecule has 102 valence electrons. The van der Waals surface area contributed by atoms with Crippen LogP contribution in [0.15, 0.2) is 0 Å². The molecule has 0 saturated carbocycles. The highest BCUT2D eigenvalue weighted by atomic mass is 32.2. The van der Waals surface area contributed by atoms with Crippen LogP contribution in [0.2, 0.25) is 0 Å². The Morgan fingerprint density at radius 3 is 2.35 bits per heavy atom. The standard InChI is InChI=1S/C10H21NO5S/c1-4-11(6-8-17(13,14)15)5-7-16-10(12)9(2)3/h9H,4-8H2,1-3H3,(H,13,14,15). The predicted octanol–water partition coefficient (Wildman–Crippen LogP) is 0.395. The van der Waals surface area contributed by atoms with Crippen LogP contribution in [-0.2, 0) is 19.6 Å². The molecular weight excluding hydrogens is 246 g/mol. The van der Waals surface area contributed by atoms with Gasteiger partial charge in [-0.05, 0) is 6.54 Å². The van der Waals surface area contributed by atoms with Gasteiger partial charge in [-0.1, -0.05) is 20.8 Å². The van der Waals surface area contributed by atoms with Gasteiger partial charge in [0.15, 0.2) is 0 Å². The summed E-state index contributed by atoms with van der Waals surface area (Å²) < 4.78 is 34.7. The van der Waals surface area contributed by atoms with Crippen molar-refractivity contribution in [3.63, 3.8) is 0 Å². The Kier molecular flexibility index (Phi) is 7.33. The first kappa shape index (κ1) is 16.3. The van der Waals surface area contributed by atoms with Crippen LogP contribution in [0.1, 0.15) is 20.8 Å².